The summed E-state index contributed by atoms with van der Waals surface area (Å²) in [6, 6.07) is 8.00. The van der Waals surface area contributed by atoms with Gasteiger partial charge in [-0.2, -0.15) is 9.57 Å². The highest BCUT2D eigenvalue weighted by Crippen LogP contribution is 2.26. The van der Waals surface area contributed by atoms with Gasteiger partial charge in [-0.15, -0.1) is 0 Å². The highest BCUT2D eigenvalue weighted by Gasteiger charge is 2.33. The van der Waals surface area contributed by atoms with Crippen LogP contribution in [0.3, 0.4) is 0 Å². The van der Waals surface area contributed by atoms with E-state index in [4.69, 9.17) is 5.26 Å². The summed E-state index contributed by atoms with van der Waals surface area (Å²) in [5, 5.41) is 9.08. The topological polar surface area (TPSA) is 93.1 Å². The fraction of sp³-hybridized carbons (Fsp3) is 0.500. The van der Waals surface area contributed by atoms with Crippen LogP contribution in [0, 0.1) is 16.7 Å². The maximum Gasteiger partial charge on any atom is 0.215 e. The number of nitriles is 1. The predicted octanol–water partition coefficient (Wildman–Crippen LogP) is 1.56. The Hall–Kier alpha value is -2.11. The van der Waals surface area contributed by atoms with Crippen LogP contribution in [0.5, 0.6) is 0 Å². The second-order valence-corrected chi connectivity index (χ2v) is 8.68. The first-order chi connectivity index (χ1) is 11.3. The number of anilines is 1. The molecule has 0 spiro atoms. The molecular weight excluding hydrogens is 326 g/mol. The minimum atomic E-state index is -3.43. The van der Waals surface area contributed by atoms with Gasteiger partial charge in [0.1, 0.15) is 5.52 Å². The summed E-state index contributed by atoms with van der Waals surface area (Å²) in [4.78, 5) is 9.60. The molecule has 1 N–H and O–H groups in total. The van der Waals surface area contributed by atoms with E-state index in [2.05, 4.69) is 20.9 Å². The number of sulfonamides is 1. The summed E-state index contributed by atoms with van der Waals surface area (Å²) >= 11 is 0. The molecule has 2 heterocycles. The van der Waals surface area contributed by atoms with Gasteiger partial charge in [-0.25, -0.2) is 13.4 Å². The van der Waals surface area contributed by atoms with E-state index in [1.165, 1.54) is 4.31 Å². The fourth-order valence-electron chi connectivity index (χ4n) is 2.99. The Morgan fingerprint density at radius 2 is 2.00 bits per heavy atom. The summed E-state index contributed by atoms with van der Waals surface area (Å²) in [7, 11) is -3.43. The van der Waals surface area contributed by atoms with Crippen LogP contribution in [-0.4, -0.2) is 54.6 Å². The normalized spacial score (nSPS) is 17.1. The lowest BCUT2D eigenvalue weighted by atomic mass is 10.00. The minimum Gasteiger partial charge on any atom is -0.367 e. The smallest absolute Gasteiger partial charge is 0.215 e. The first kappa shape index (κ1) is 16.7. The van der Waals surface area contributed by atoms with Crippen molar-refractivity contribution in [3.8, 4) is 6.07 Å². The molecule has 0 bridgehead atoms. The van der Waals surface area contributed by atoms with Gasteiger partial charge >= 0.3 is 0 Å². The summed E-state index contributed by atoms with van der Waals surface area (Å²) in [5.41, 5.74) is 2.01. The molecule has 0 radical (unpaired) electrons. The molecule has 1 aliphatic rings. The van der Waals surface area contributed by atoms with Crippen LogP contribution in [0.4, 0.5) is 5.69 Å². The van der Waals surface area contributed by atoms with Crippen molar-refractivity contribution in [3.63, 3.8) is 0 Å². The zero-order valence-corrected chi connectivity index (χ0v) is 14.7. The monoisotopic (exact) mass is 347 g/mol. The Labute approximate surface area is 141 Å². The predicted molar refractivity (Wildman–Crippen MR) is 93.1 cm³/mol. The molecule has 1 saturated heterocycles. The lowest BCUT2D eigenvalue weighted by molar-refractivity contribution is 0.377. The van der Waals surface area contributed by atoms with E-state index in [-0.39, 0.29) is 5.75 Å². The van der Waals surface area contributed by atoms with Crippen LogP contribution >= 0.6 is 0 Å². The van der Waals surface area contributed by atoms with Gasteiger partial charge in [0.2, 0.25) is 10.0 Å². The number of hydrogen-bond donors (Lipinski definition) is 1. The van der Waals surface area contributed by atoms with Crippen LogP contribution in [-0.2, 0) is 10.0 Å². The number of nitrogens with zero attached hydrogens (tertiary/aromatic N) is 4. The summed E-state index contributed by atoms with van der Waals surface area (Å²) < 4.78 is 26.5. The molecule has 1 aliphatic heterocycles. The highest BCUT2D eigenvalue weighted by atomic mass is 32.2. The van der Waals surface area contributed by atoms with Gasteiger partial charge in [0.25, 0.3) is 0 Å². The van der Waals surface area contributed by atoms with E-state index >= 15 is 0 Å². The molecule has 8 heteroatoms. The van der Waals surface area contributed by atoms with Crippen molar-refractivity contribution < 1.29 is 8.42 Å². The standard InChI is InChI=1S/C16H21N5O2S/c1-16(2,10-17)11-24(22,23)21-8-6-20(7-9-21)14-5-3-4-13-15(14)19-12-18-13/h3-5,12H,6-9,11H2,1-2H3,(H,18,19). The number of rotatable bonds is 4. The number of aromatic nitrogens is 2. The van der Waals surface area contributed by atoms with Crippen molar-refractivity contribution in [2.24, 2.45) is 5.41 Å². The SMILES string of the molecule is CC(C)(C#N)CS(=O)(=O)N1CCN(c2cccc3[nH]cnc23)CC1. The van der Waals surface area contributed by atoms with Crippen molar-refractivity contribution >= 4 is 26.7 Å². The van der Waals surface area contributed by atoms with Crippen LogP contribution < -0.4 is 4.90 Å². The summed E-state index contributed by atoms with van der Waals surface area (Å²) in [6.45, 7) is 5.36. The van der Waals surface area contributed by atoms with Crippen LogP contribution in [0.15, 0.2) is 24.5 Å². The van der Waals surface area contributed by atoms with Crippen molar-refractivity contribution in [2.75, 3.05) is 36.8 Å². The molecule has 3 rings (SSSR count). The molecule has 1 aromatic carbocycles. The Morgan fingerprint density at radius 1 is 1.29 bits per heavy atom. The number of aromatic amines is 1. The molecule has 0 saturated carbocycles. The Kier molecular flexibility index (Phi) is 4.24. The number of H-pyrrole nitrogens is 1. The first-order valence-corrected chi connectivity index (χ1v) is 9.49. The van der Waals surface area contributed by atoms with E-state index < -0.39 is 15.4 Å². The van der Waals surface area contributed by atoms with Gasteiger partial charge in [-0.3, -0.25) is 0 Å². The lowest BCUT2D eigenvalue weighted by Crippen LogP contribution is -2.50. The second kappa shape index (κ2) is 6.07. The molecule has 0 atom stereocenters. The minimum absolute atomic E-state index is 0.147. The number of piperazine rings is 1. The third kappa shape index (κ3) is 3.23. The quantitative estimate of drug-likeness (QED) is 0.906. The van der Waals surface area contributed by atoms with Gasteiger partial charge in [0.15, 0.2) is 0 Å². The summed E-state index contributed by atoms with van der Waals surface area (Å²) in [5.74, 6) is -0.147. The van der Waals surface area contributed by atoms with Crippen molar-refractivity contribution in [1.82, 2.24) is 14.3 Å². The van der Waals surface area contributed by atoms with E-state index in [0.717, 1.165) is 16.7 Å². The molecule has 0 aliphatic carbocycles. The number of benzene rings is 1. The second-order valence-electron chi connectivity index (χ2n) is 6.71. The van der Waals surface area contributed by atoms with Gasteiger partial charge < -0.3 is 9.88 Å². The van der Waals surface area contributed by atoms with Crippen LogP contribution in [0.1, 0.15) is 13.8 Å². The Bertz CT molecular complexity index is 873. The molecule has 128 valence electrons. The third-order valence-electron chi connectivity index (χ3n) is 4.25. The van der Waals surface area contributed by atoms with E-state index in [1.54, 1.807) is 20.2 Å². The maximum absolute atomic E-state index is 12.5. The van der Waals surface area contributed by atoms with Gasteiger partial charge in [0.05, 0.1) is 34.8 Å². The molecule has 7 nitrogen and oxygen atoms in total. The molecule has 1 fully saturated rings. The molecule has 24 heavy (non-hydrogen) atoms. The maximum atomic E-state index is 12.5. The molecule has 0 unspecified atom stereocenters. The van der Waals surface area contributed by atoms with Gasteiger partial charge in [0, 0.05) is 26.2 Å². The third-order valence-corrected chi connectivity index (χ3v) is 6.49. The van der Waals surface area contributed by atoms with E-state index in [0.29, 0.717) is 26.2 Å². The average Bonchev–Trinajstić information content (AvgIpc) is 3.02. The van der Waals surface area contributed by atoms with Crippen molar-refractivity contribution in [2.45, 2.75) is 13.8 Å². The Morgan fingerprint density at radius 3 is 2.67 bits per heavy atom. The lowest BCUT2D eigenvalue weighted by Gasteiger charge is -2.36. The number of para-hydroxylation sites is 1. The number of hydrogen-bond acceptors (Lipinski definition) is 5. The van der Waals surface area contributed by atoms with E-state index in [1.807, 2.05) is 18.2 Å². The number of imidazole rings is 1. The zero-order chi connectivity index (χ0) is 17.4. The average molecular weight is 347 g/mol. The van der Waals surface area contributed by atoms with Crippen LogP contribution in [0.25, 0.3) is 11.0 Å². The fourth-order valence-corrected chi connectivity index (χ4v) is 4.87. The molecule has 0 amide bonds. The van der Waals surface area contributed by atoms with Crippen LogP contribution in [0.2, 0.25) is 0 Å². The number of nitrogens with one attached hydrogen (secondary N) is 1. The Balaban J connectivity index is 1.72. The molecule has 1 aromatic heterocycles. The molecular formula is C16H21N5O2S. The largest absolute Gasteiger partial charge is 0.367 e. The zero-order valence-electron chi connectivity index (χ0n) is 13.9. The van der Waals surface area contributed by atoms with Crippen molar-refractivity contribution in [1.29, 1.82) is 5.26 Å². The summed E-state index contributed by atoms with van der Waals surface area (Å²) in [6.07, 6.45) is 1.67. The van der Waals surface area contributed by atoms with Gasteiger partial charge in [-0.05, 0) is 26.0 Å². The van der Waals surface area contributed by atoms with E-state index in [9.17, 15) is 8.42 Å². The first-order valence-electron chi connectivity index (χ1n) is 7.88. The van der Waals surface area contributed by atoms with Gasteiger partial charge in [-0.1, -0.05) is 6.07 Å². The van der Waals surface area contributed by atoms with Crippen molar-refractivity contribution in [3.05, 3.63) is 24.5 Å². The molecule has 2 aromatic rings. The number of fused-ring (bicyclic) bond motifs is 1. The highest BCUT2D eigenvalue weighted by molar-refractivity contribution is 7.89.